The highest BCUT2D eigenvalue weighted by Gasteiger charge is 2.30. The van der Waals surface area contributed by atoms with E-state index in [1.165, 1.54) is 19.1 Å². The lowest BCUT2D eigenvalue weighted by molar-refractivity contribution is -0.139. The summed E-state index contributed by atoms with van der Waals surface area (Å²) in [5.74, 6) is -2.54. The molecule has 0 atom stereocenters. The fourth-order valence-corrected chi connectivity index (χ4v) is 2.31. The predicted octanol–water partition coefficient (Wildman–Crippen LogP) is 2.84. The normalized spacial score (nSPS) is 11.5. The van der Waals surface area contributed by atoms with E-state index in [-0.39, 0.29) is 24.4 Å². The lowest BCUT2D eigenvalue weighted by Gasteiger charge is -2.10. The number of hydrogen-bond donors (Lipinski definition) is 3. The number of alkyl halides is 3. The van der Waals surface area contributed by atoms with Gasteiger partial charge in [-0.3, -0.25) is 14.4 Å². The molecule has 0 fully saturated rings. The Labute approximate surface area is 170 Å². The fourth-order valence-electron chi connectivity index (χ4n) is 2.31. The van der Waals surface area contributed by atoms with Gasteiger partial charge in [0.15, 0.2) is 0 Å². The average Bonchev–Trinajstić information content (AvgIpc) is 2.70. The van der Waals surface area contributed by atoms with Gasteiger partial charge in [-0.15, -0.1) is 0 Å². The van der Waals surface area contributed by atoms with Crippen molar-refractivity contribution in [1.29, 1.82) is 0 Å². The minimum absolute atomic E-state index is 0.0213. The summed E-state index contributed by atoms with van der Waals surface area (Å²) in [7, 11) is 0. The van der Waals surface area contributed by atoms with Crippen LogP contribution in [0.15, 0.2) is 59.7 Å². The van der Waals surface area contributed by atoms with Crippen molar-refractivity contribution in [2.75, 3.05) is 5.32 Å². The van der Waals surface area contributed by atoms with Crippen molar-refractivity contribution in [2.24, 2.45) is 5.10 Å². The smallest absolute Gasteiger partial charge is 0.344 e. The van der Waals surface area contributed by atoms with Crippen LogP contribution in [0.25, 0.3) is 0 Å². The van der Waals surface area contributed by atoms with Gasteiger partial charge in [0, 0.05) is 17.9 Å². The molecule has 0 radical (unpaired) electrons. The van der Waals surface area contributed by atoms with Crippen LogP contribution in [0.1, 0.15) is 24.5 Å². The molecule has 30 heavy (non-hydrogen) atoms. The molecule has 7 nitrogen and oxygen atoms in total. The number of hydrazone groups is 1. The molecule has 0 aliphatic rings. The SMILES string of the molecule is C/C(CC(=O)Nc1cccc(C(F)(F)F)c1)=N/NC(=O)C(=O)NCc1ccccc1. The van der Waals surface area contributed by atoms with E-state index in [1.54, 1.807) is 24.3 Å². The zero-order valence-electron chi connectivity index (χ0n) is 15.9. The number of nitrogens with zero attached hydrogens (tertiary/aromatic N) is 1. The summed E-state index contributed by atoms with van der Waals surface area (Å²) in [4.78, 5) is 35.4. The Morgan fingerprint density at radius 2 is 1.67 bits per heavy atom. The van der Waals surface area contributed by atoms with Crippen LogP contribution >= 0.6 is 0 Å². The topological polar surface area (TPSA) is 99.7 Å². The monoisotopic (exact) mass is 420 g/mol. The molecule has 3 amide bonds. The summed E-state index contributed by atoms with van der Waals surface area (Å²) < 4.78 is 38.1. The molecule has 0 bridgehead atoms. The minimum atomic E-state index is -4.52. The molecular weight excluding hydrogens is 401 g/mol. The Morgan fingerprint density at radius 3 is 2.33 bits per heavy atom. The van der Waals surface area contributed by atoms with Crippen LogP contribution in [0.2, 0.25) is 0 Å². The average molecular weight is 420 g/mol. The first-order chi connectivity index (χ1) is 14.1. The Hall–Kier alpha value is -3.69. The Kier molecular flexibility index (Phi) is 7.68. The van der Waals surface area contributed by atoms with Crippen molar-refractivity contribution in [1.82, 2.24) is 10.7 Å². The molecule has 2 rings (SSSR count). The van der Waals surface area contributed by atoms with Gasteiger partial charge in [0.2, 0.25) is 5.91 Å². The van der Waals surface area contributed by atoms with E-state index in [4.69, 9.17) is 0 Å². The quantitative estimate of drug-likeness (QED) is 0.381. The zero-order valence-corrected chi connectivity index (χ0v) is 15.9. The number of benzene rings is 2. The van der Waals surface area contributed by atoms with E-state index in [2.05, 4.69) is 15.7 Å². The second-order valence-corrected chi connectivity index (χ2v) is 6.26. The van der Waals surface area contributed by atoms with Gasteiger partial charge in [-0.05, 0) is 30.7 Å². The summed E-state index contributed by atoms with van der Waals surface area (Å²) in [5, 5.41) is 8.40. The van der Waals surface area contributed by atoms with Crippen LogP contribution in [0, 0.1) is 0 Å². The van der Waals surface area contributed by atoms with E-state index in [1.807, 2.05) is 11.5 Å². The van der Waals surface area contributed by atoms with Gasteiger partial charge in [-0.2, -0.15) is 18.3 Å². The van der Waals surface area contributed by atoms with Crippen LogP contribution in [0.4, 0.5) is 18.9 Å². The van der Waals surface area contributed by atoms with Gasteiger partial charge >= 0.3 is 18.0 Å². The molecule has 0 unspecified atom stereocenters. The first kappa shape index (κ1) is 22.6. The number of nitrogens with one attached hydrogen (secondary N) is 3. The zero-order chi connectivity index (χ0) is 22.1. The maximum atomic E-state index is 12.7. The number of carbonyl (C=O) groups excluding carboxylic acids is 3. The molecule has 0 spiro atoms. The minimum Gasteiger partial charge on any atom is -0.344 e. The third kappa shape index (κ3) is 7.38. The molecule has 0 aliphatic heterocycles. The maximum Gasteiger partial charge on any atom is 0.416 e. The molecule has 0 heterocycles. The van der Waals surface area contributed by atoms with Crippen molar-refractivity contribution < 1.29 is 27.6 Å². The fraction of sp³-hybridized carbons (Fsp3) is 0.200. The van der Waals surface area contributed by atoms with Crippen molar-refractivity contribution in [3.05, 3.63) is 65.7 Å². The van der Waals surface area contributed by atoms with E-state index >= 15 is 0 Å². The molecule has 3 N–H and O–H groups in total. The highest BCUT2D eigenvalue weighted by molar-refractivity contribution is 6.35. The molecule has 2 aromatic rings. The highest BCUT2D eigenvalue weighted by Crippen LogP contribution is 2.30. The summed E-state index contributed by atoms with van der Waals surface area (Å²) in [6.07, 6.45) is -4.81. The Balaban J connectivity index is 1.82. The lowest BCUT2D eigenvalue weighted by Crippen LogP contribution is -2.37. The van der Waals surface area contributed by atoms with Crippen LogP contribution in [-0.2, 0) is 27.1 Å². The lowest BCUT2D eigenvalue weighted by atomic mass is 10.2. The van der Waals surface area contributed by atoms with Crippen LogP contribution in [-0.4, -0.2) is 23.4 Å². The van der Waals surface area contributed by atoms with Gasteiger partial charge < -0.3 is 10.6 Å². The van der Waals surface area contributed by atoms with Crippen molar-refractivity contribution >= 4 is 29.1 Å². The van der Waals surface area contributed by atoms with Gasteiger partial charge in [0.1, 0.15) is 0 Å². The van der Waals surface area contributed by atoms with E-state index in [0.717, 1.165) is 17.7 Å². The molecule has 0 saturated heterocycles. The molecular formula is C20H19F3N4O3. The molecule has 0 saturated carbocycles. The second-order valence-electron chi connectivity index (χ2n) is 6.26. The second kappa shape index (κ2) is 10.2. The van der Waals surface area contributed by atoms with E-state index < -0.39 is 29.5 Å². The summed E-state index contributed by atoms with van der Waals surface area (Å²) in [6.45, 7) is 1.59. The number of anilines is 1. The summed E-state index contributed by atoms with van der Waals surface area (Å²) >= 11 is 0. The molecule has 0 aromatic heterocycles. The molecule has 0 aliphatic carbocycles. The van der Waals surface area contributed by atoms with Crippen molar-refractivity contribution in [3.8, 4) is 0 Å². The molecule has 10 heteroatoms. The maximum absolute atomic E-state index is 12.7. The predicted molar refractivity (Wildman–Crippen MR) is 104 cm³/mol. The standard InChI is InChI=1S/C20H19F3N4O3/c1-13(10-17(28)25-16-9-5-8-15(11-16)20(21,22)23)26-27-19(30)18(29)24-12-14-6-3-2-4-7-14/h2-9,11H,10,12H2,1H3,(H,24,29)(H,25,28)(H,27,30)/b26-13-. The molecule has 2 aromatic carbocycles. The number of amides is 3. The number of halogens is 3. The van der Waals surface area contributed by atoms with Gasteiger partial charge in [0.25, 0.3) is 0 Å². The largest absolute Gasteiger partial charge is 0.416 e. The Morgan fingerprint density at radius 1 is 0.967 bits per heavy atom. The Bertz CT molecular complexity index is 944. The van der Waals surface area contributed by atoms with E-state index in [9.17, 15) is 27.6 Å². The number of carbonyl (C=O) groups is 3. The third-order valence-electron chi connectivity index (χ3n) is 3.74. The summed E-state index contributed by atoms with van der Waals surface area (Å²) in [6, 6.07) is 13.2. The van der Waals surface area contributed by atoms with E-state index in [0.29, 0.717) is 0 Å². The summed E-state index contributed by atoms with van der Waals surface area (Å²) in [5.41, 5.74) is 2.08. The van der Waals surface area contributed by atoms with Gasteiger partial charge in [0.05, 0.1) is 12.0 Å². The number of rotatable bonds is 6. The van der Waals surface area contributed by atoms with Gasteiger partial charge in [-0.25, -0.2) is 5.43 Å². The van der Waals surface area contributed by atoms with Crippen molar-refractivity contribution in [3.63, 3.8) is 0 Å². The van der Waals surface area contributed by atoms with Crippen molar-refractivity contribution in [2.45, 2.75) is 26.1 Å². The van der Waals surface area contributed by atoms with Crippen LogP contribution < -0.4 is 16.1 Å². The first-order valence-corrected chi connectivity index (χ1v) is 8.77. The first-order valence-electron chi connectivity index (χ1n) is 8.77. The van der Waals surface area contributed by atoms with Gasteiger partial charge in [-0.1, -0.05) is 36.4 Å². The highest BCUT2D eigenvalue weighted by atomic mass is 19.4. The molecule has 158 valence electrons. The third-order valence-corrected chi connectivity index (χ3v) is 3.74. The number of hydrogen-bond acceptors (Lipinski definition) is 4. The van der Waals surface area contributed by atoms with Crippen LogP contribution in [0.3, 0.4) is 0 Å². The van der Waals surface area contributed by atoms with Crippen LogP contribution in [0.5, 0.6) is 0 Å².